The molecule has 0 fully saturated rings. The maximum Gasteiger partial charge on any atom is 0.224 e. The van der Waals surface area contributed by atoms with Gasteiger partial charge in [-0.2, -0.15) is 0 Å². The number of benzene rings is 1. The third-order valence-corrected chi connectivity index (χ3v) is 2.06. The van der Waals surface area contributed by atoms with Gasteiger partial charge >= 0.3 is 0 Å². The molecule has 0 saturated carbocycles. The number of rotatable bonds is 4. The minimum absolute atomic E-state index is 0.107. The van der Waals surface area contributed by atoms with Gasteiger partial charge in [-0.1, -0.05) is 36.8 Å². The monoisotopic (exact) mass is 191 g/mol. The molecule has 2 nitrogen and oxygen atoms in total. The summed E-state index contributed by atoms with van der Waals surface area (Å²) in [4.78, 5) is 11.3. The Morgan fingerprint density at radius 1 is 1.29 bits per heavy atom. The second-order valence-corrected chi connectivity index (χ2v) is 3.51. The van der Waals surface area contributed by atoms with Crippen LogP contribution in [0.3, 0.4) is 0 Å². The molecule has 0 unspecified atom stereocenters. The van der Waals surface area contributed by atoms with E-state index in [1.165, 1.54) is 5.56 Å². The highest BCUT2D eigenvalue weighted by molar-refractivity contribution is 5.78. The Morgan fingerprint density at radius 2 is 1.93 bits per heavy atom. The van der Waals surface area contributed by atoms with E-state index in [1.807, 2.05) is 38.1 Å². The Morgan fingerprint density at radius 3 is 2.50 bits per heavy atom. The van der Waals surface area contributed by atoms with Crippen molar-refractivity contribution in [3.05, 3.63) is 35.4 Å². The predicted octanol–water partition coefficient (Wildman–Crippen LogP) is 2.06. The summed E-state index contributed by atoms with van der Waals surface area (Å²) >= 11 is 0. The molecule has 1 aromatic rings. The zero-order valence-electron chi connectivity index (χ0n) is 8.84. The molecular formula is C12H17NO. The van der Waals surface area contributed by atoms with E-state index < -0.39 is 0 Å². The minimum atomic E-state index is 0.107. The number of hydrogen-bond acceptors (Lipinski definition) is 1. The Labute approximate surface area is 85.3 Å². The highest BCUT2D eigenvalue weighted by Gasteiger charge is 2.01. The second kappa shape index (κ2) is 5.43. The molecule has 0 atom stereocenters. The van der Waals surface area contributed by atoms with Gasteiger partial charge in [-0.15, -0.1) is 0 Å². The molecule has 0 aromatic heterocycles. The molecule has 1 N–H and O–H groups in total. The second-order valence-electron chi connectivity index (χ2n) is 3.51. The van der Waals surface area contributed by atoms with Crippen LogP contribution in [-0.4, -0.2) is 12.5 Å². The Kier molecular flexibility index (Phi) is 4.17. The summed E-state index contributed by atoms with van der Waals surface area (Å²) in [5, 5.41) is 2.86. The summed E-state index contributed by atoms with van der Waals surface area (Å²) in [6.45, 7) is 4.86. The first kappa shape index (κ1) is 10.8. The quantitative estimate of drug-likeness (QED) is 0.775. The van der Waals surface area contributed by atoms with Crippen LogP contribution in [0.1, 0.15) is 24.5 Å². The van der Waals surface area contributed by atoms with Crippen molar-refractivity contribution in [1.82, 2.24) is 5.32 Å². The molecule has 0 heterocycles. The van der Waals surface area contributed by atoms with Gasteiger partial charge in [-0.05, 0) is 18.9 Å². The van der Waals surface area contributed by atoms with Crippen LogP contribution in [0.15, 0.2) is 24.3 Å². The first-order valence-electron chi connectivity index (χ1n) is 5.04. The lowest BCUT2D eigenvalue weighted by Crippen LogP contribution is -2.25. The maximum absolute atomic E-state index is 11.3. The Balaban J connectivity index is 2.44. The van der Waals surface area contributed by atoms with Gasteiger partial charge in [0.05, 0.1) is 6.42 Å². The molecule has 0 saturated heterocycles. The number of aryl methyl sites for hydroxylation is 1. The van der Waals surface area contributed by atoms with Gasteiger partial charge in [0.1, 0.15) is 0 Å². The smallest absolute Gasteiger partial charge is 0.224 e. The summed E-state index contributed by atoms with van der Waals surface area (Å²) in [7, 11) is 0. The fourth-order valence-corrected chi connectivity index (χ4v) is 1.22. The standard InChI is InChI=1S/C12H17NO/c1-3-8-13-12(14)9-11-6-4-10(2)5-7-11/h4-7H,3,8-9H2,1-2H3,(H,13,14). The van der Waals surface area contributed by atoms with Crippen LogP contribution in [-0.2, 0) is 11.2 Å². The summed E-state index contributed by atoms with van der Waals surface area (Å²) in [5.41, 5.74) is 2.30. The number of nitrogens with one attached hydrogen (secondary N) is 1. The van der Waals surface area contributed by atoms with Gasteiger partial charge < -0.3 is 5.32 Å². The van der Waals surface area contributed by atoms with Crippen LogP contribution in [0.2, 0.25) is 0 Å². The van der Waals surface area contributed by atoms with Crippen molar-refractivity contribution >= 4 is 5.91 Å². The highest BCUT2D eigenvalue weighted by Crippen LogP contribution is 2.03. The van der Waals surface area contributed by atoms with E-state index in [1.54, 1.807) is 0 Å². The number of amides is 1. The zero-order chi connectivity index (χ0) is 10.4. The van der Waals surface area contributed by atoms with Gasteiger partial charge in [0.15, 0.2) is 0 Å². The molecule has 0 aliphatic rings. The largest absolute Gasteiger partial charge is 0.356 e. The molecule has 1 aromatic carbocycles. The fourth-order valence-electron chi connectivity index (χ4n) is 1.22. The van der Waals surface area contributed by atoms with E-state index in [0.717, 1.165) is 18.5 Å². The minimum Gasteiger partial charge on any atom is -0.356 e. The first-order valence-corrected chi connectivity index (χ1v) is 5.04. The Bertz CT molecular complexity index is 290. The molecule has 76 valence electrons. The first-order chi connectivity index (χ1) is 6.72. The van der Waals surface area contributed by atoms with E-state index in [9.17, 15) is 4.79 Å². The van der Waals surface area contributed by atoms with Crippen LogP contribution in [0.5, 0.6) is 0 Å². The molecule has 1 amide bonds. The summed E-state index contributed by atoms with van der Waals surface area (Å²) in [5.74, 6) is 0.107. The normalized spacial score (nSPS) is 9.86. The number of hydrogen-bond donors (Lipinski definition) is 1. The van der Waals surface area contributed by atoms with Gasteiger partial charge in [-0.25, -0.2) is 0 Å². The van der Waals surface area contributed by atoms with E-state index in [0.29, 0.717) is 6.42 Å². The van der Waals surface area contributed by atoms with E-state index in [-0.39, 0.29) is 5.91 Å². The maximum atomic E-state index is 11.3. The van der Waals surface area contributed by atoms with Crippen molar-refractivity contribution in [1.29, 1.82) is 0 Å². The summed E-state index contributed by atoms with van der Waals surface area (Å²) in [6, 6.07) is 8.06. The lowest BCUT2D eigenvalue weighted by molar-refractivity contribution is -0.120. The molecule has 0 aliphatic heterocycles. The molecule has 0 bridgehead atoms. The SMILES string of the molecule is CCCNC(=O)Cc1ccc(C)cc1. The molecule has 14 heavy (non-hydrogen) atoms. The van der Waals surface area contributed by atoms with Crippen LogP contribution in [0.4, 0.5) is 0 Å². The highest BCUT2D eigenvalue weighted by atomic mass is 16.1. The Hall–Kier alpha value is -1.31. The molecule has 1 rings (SSSR count). The van der Waals surface area contributed by atoms with Crippen molar-refractivity contribution in [2.45, 2.75) is 26.7 Å². The van der Waals surface area contributed by atoms with Crippen molar-refractivity contribution < 1.29 is 4.79 Å². The summed E-state index contributed by atoms with van der Waals surface area (Å²) in [6.07, 6.45) is 1.47. The zero-order valence-corrected chi connectivity index (χ0v) is 8.84. The predicted molar refractivity (Wildman–Crippen MR) is 58.2 cm³/mol. The summed E-state index contributed by atoms with van der Waals surface area (Å²) < 4.78 is 0. The topological polar surface area (TPSA) is 29.1 Å². The van der Waals surface area contributed by atoms with Crippen molar-refractivity contribution in [3.63, 3.8) is 0 Å². The van der Waals surface area contributed by atoms with Crippen LogP contribution in [0, 0.1) is 6.92 Å². The van der Waals surface area contributed by atoms with Crippen LogP contribution in [0.25, 0.3) is 0 Å². The van der Waals surface area contributed by atoms with Crippen LogP contribution < -0.4 is 5.32 Å². The van der Waals surface area contributed by atoms with E-state index in [4.69, 9.17) is 0 Å². The van der Waals surface area contributed by atoms with Gasteiger partial charge in [0, 0.05) is 6.54 Å². The molecule has 0 aliphatic carbocycles. The van der Waals surface area contributed by atoms with Crippen LogP contribution >= 0.6 is 0 Å². The van der Waals surface area contributed by atoms with Gasteiger partial charge in [0.2, 0.25) is 5.91 Å². The van der Waals surface area contributed by atoms with Crippen molar-refractivity contribution in [2.75, 3.05) is 6.54 Å². The molecule has 0 spiro atoms. The van der Waals surface area contributed by atoms with E-state index in [2.05, 4.69) is 5.32 Å². The average Bonchev–Trinajstić information content (AvgIpc) is 2.18. The lowest BCUT2D eigenvalue weighted by atomic mass is 10.1. The molecule has 0 radical (unpaired) electrons. The van der Waals surface area contributed by atoms with Crippen molar-refractivity contribution in [2.24, 2.45) is 0 Å². The molecule has 2 heteroatoms. The average molecular weight is 191 g/mol. The third-order valence-electron chi connectivity index (χ3n) is 2.06. The van der Waals surface area contributed by atoms with Gasteiger partial charge in [-0.3, -0.25) is 4.79 Å². The lowest BCUT2D eigenvalue weighted by Gasteiger charge is -2.03. The molecular weight excluding hydrogens is 174 g/mol. The third kappa shape index (κ3) is 3.60. The number of carbonyl (C=O) groups excluding carboxylic acids is 1. The van der Waals surface area contributed by atoms with Crippen molar-refractivity contribution in [3.8, 4) is 0 Å². The fraction of sp³-hybridized carbons (Fsp3) is 0.417. The van der Waals surface area contributed by atoms with Gasteiger partial charge in [0.25, 0.3) is 0 Å². The van der Waals surface area contributed by atoms with E-state index >= 15 is 0 Å². The number of carbonyl (C=O) groups is 1.